The number of hydrazone groups is 1. The molecular formula is C32H39ClN2O4. The molecule has 0 radical (unpaired) electrons. The summed E-state index contributed by atoms with van der Waals surface area (Å²) in [6.07, 6.45) is 2.38. The first-order valence-corrected chi connectivity index (χ1v) is 13.4. The molecule has 7 heteroatoms. The van der Waals surface area contributed by atoms with E-state index >= 15 is 0 Å². The van der Waals surface area contributed by atoms with Gasteiger partial charge < -0.3 is 14.6 Å². The van der Waals surface area contributed by atoms with Gasteiger partial charge >= 0.3 is 0 Å². The predicted octanol–water partition coefficient (Wildman–Crippen LogP) is 7.31. The zero-order valence-electron chi connectivity index (χ0n) is 23.9. The minimum atomic E-state index is -0.219. The summed E-state index contributed by atoms with van der Waals surface area (Å²) in [7, 11) is 1.57. The van der Waals surface area contributed by atoms with Crippen molar-refractivity contribution in [2.45, 2.75) is 71.8 Å². The monoisotopic (exact) mass is 550 g/mol. The van der Waals surface area contributed by atoms with E-state index < -0.39 is 0 Å². The van der Waals surface area contributed by atoms with Gasteiger partial charge in [-0.2, -0.15) is 5.10 Å². The van der Waals surface area contributed by atoms with E-state index in [-0.39, 0.29) is 23.2 Å². The zero-order chi connectivity index (χ0) is 28.8. The number of phenols is 1. The molecular weight excluding hydrogens is 512 g/mol. The summed E-state index contributed by atoms with van der Waals surface area (Å²) in [5.74, 6) is 1.27. The van der Waals surface area contributed by atoms with Crippen molar-refractivity contribution in [3.63, 3.8) is 0 Å². The number of ether oxygens (including phenoxy) is 2. The van der Waals surface area contributed by atoms with Crippen LogP contribution in [0, 0.1) is 0 Å². The minimum Gasteiger partial charge on any atom is -0.507 e. The van der Waals surface area contributed by atoms with Crippen molar-refractivity contribution in [3.05, 3.63) is 87.4 Å². The minimum absolute atomic E-state index is 0.194. The third-order valence-electron chi connectivity index (χ3n) is 6.36. The molecule has 0 heterocycles. The fourth-order valence-corrected chi connectivity index (χ4v) is 4.32. The van der Waals surface area contributed by atoms with Crippen LogP contribution >= 0.6 is 11.6 Å². The first kappa shape index (κ1) is 30.0. The predicted molar refractivity (Wildman–Crippen MR) is 158 cm³/mol. The first-order valence-electron chi connectivity index (χ1n) is 13.0. The number of aromatic hydroxyl groups is 1. The molecule has 0 saturated carbocycles. The Hall–Kier alpha value is -3.51. The van der Waals surface area contributed by atoms with Gasteiger partial charge in [-0.1, -0.05) is 83.5 Å². The van der Waals surface area contributed by atoms with Crippen LogP contribution < -0.4 is 14.9 Å². The highest BCUT2D eigenvalue weighted by Crippen LogP contribution is 2.40. The second-order valence-corrected chi connectivity index (χ2v) is 12.0. The Bertz CT molecular complexity index is 1300. The molecule has 208 valence electrons. The lowest BCUT2D eigenvalue weighted by Crippen LogP contribution is -2.20. The van der Waals surface area contributed by atoms with Crippen LogP contribution in [0.25, 0.3) is 0 Å². The molecule has 0 aliphatic rings. The molecule has 3 rings (SSSR count). The van der Waals surface area contributed by atoms with E-state index in [1.165, 1.54) is 0 Å². The highest BCUT2D eigenvalue weighted by molar-refractivity contribution is 6.31. The second kappa shape index (κ2) is 12.6. The highest BCUT2D eigenvalue weighted by atomic mass is 35.5. The quantitative estimate of drug-likeness (QED) is 0.216. The van der Waals surface area contributed by atoms with E-state index in [4.69, 9.17) is 21.1 Å². The van der Waals surface area contributed by atoms with E-state index in [0.29, 0.717) is 35.3 Å². The van der Waals surface area contributed by atoms with Crippen LogP contribution in [0.5, 0.6) is 17.2 Å². The van der Waals surface area contributed by atoms with Crippen LogP contribution in [-0.4, -0.2) is 24.3 Å². The summed E-state index contributed by atoms with van der Waals surface area (Å²) >= 11 is 6.21. The molecule has 0 atom stereocenters. The Morgan fingerprint density at radius 2 is 1.62 bits per heavy atom. The molecule has 3 aromatic rings. The molecule has 0 aromatic heterocycles. The number of halogens is 1. The number of carbonyl (C=O) groups is 1. The number of methoxy groups -OCH3 is 1. The lowest BCUT2D eigenvalue weighted by atomic mass is 9.78. The molecule has 0 spiro atoms. The molecule has 0 saturated heterocycles. The molecule has 3 aromatic carbocycles. The summed E-state index contributed by atoms with van der Waals surface area (Å²) in [4.78, 5) is 12.5. The maximum Gasteiger partial charge on any atom is 0.240 e. The van der Waals surface area contributed by atoms with Crippen LogP contribution in [-0.2, 0) is 28.7 Å². The number of hydrogen-bond acceptors (Lipinski definition) is 5. The zero-order valence-corrected chi connectivity index (χ0v) is 24.6. The fourth-order valence-electron chi connectivity index (χ4n) is 4.13. The number of nitrogens with zero attached hydrogens (tertiary/aromatic N) is 1. The van der Waals surface area contributed by atoms with E-state index in [1.54, 1.807) is 25.5 Å². The summed E-state index contributed by atoms with van der Waals surface area (Å²) in [5, 5.41) is 15.7. The van der Waals surface area contributed by atoms with E-state index in [2.05, 4.69) is 52.1 Å². The maximum absolute atomic E-state index is 12.5. The molecule has 0 aliphatic carbocycles. The standard InChI is InChI=1S/C32H39ClN2O4/c1-31(2,3)24-16-21(17-25(30(24)37)32(4,5)6)13-15-29(36)35-34-19-22-12-14-27(28(18-22)38-7)39-20-23-10-8-9-11-26(23)33/h8-12,14,16-19,37H,13,15,20H2,1-7H3,(H,35,36)/b34-19-. The van der Waals surface area contributed by atoms with Crippen molar-refractivity contribution in [2.24, 2.45) is 5.10 Å². The molecule has 39 heavy (non-hydrogen) atoms. The Labute approximate surface area is 237 Å². The molecule has 2 N–H and O–H groups in total. The second-order valence-electron chi connectivity index (χ2n) is 11.6. The number of rotatable bonds is 9. The van der Waals surface area contributed by atoms with Crippen molar-refractivity contribution in [1.82, 2.24) is 5.43 Å². The summed E-state index contributed by atoms with van der Waals surface area (Å²) in [6.45, 7) is 12.8. The first-order chi connectivity index (χ1) is 18.3. The van der Waals surface area contributed by atoms with Crippen molar-refractivity contribution in [1.29, 1.82) is 0 Å². The van der Waals surface area contributed by atoms with E-state index in [9.17, 15) is 9.90 Å². The lowest BCUT2D eigenvalue weighted by Gasteiger charge is -2.28. The largest absolute Gasteiger partial charge is 0.507 e. The molecule has 0 fully saturated rings. The number of hydrogen-bond donors (Lipinski definition) is 2. The third-order valence-corrected chi connectivity index (χ3v) is 6.73. The highest BCUT2D eigenvalue weighted by Gasteiger charge is 2.26. The van der Waals surface area contributed by atoms with Gasteiger partial charge in [-0.25, -0.2) is 5.43 Å². The molecule has 1 amide bonds. The van der Waals surface area contributed by atoms with Crippen LogP contribution in [0.15, 0.2) is 59.7 Å². The third kappa shape index (κ3) is 8.24. The lowest BCUT2D eigenvalue weighted by molar-refractivity contribution is -0.121. The maximum atomic E-state index is 12.5. The number of aryl methyl sites for hydroxylation is 1. The van der Waals surface area contributed by atoms with Crippen molar-refractivity contribution in [3.8, 4) is 17.2 Å². The van der Waals surface area contributed by atoms with E-state index in [0.717, 1.165) is 27.8 Å². The molecule has 6 nitrogen and oxygen atoms in total. The number of carbonyl (C=O) groups excluding carboxylic acids is 1. The number of phenolic OH excluding ortho intramolecular Hbond substituents is 1. The Morgan fingerprint density at radius 3 is 2.21 bits per heavy atom. The van der Waals surface area contributed by atoms with Gasteiger partial charge in [0.25, 0.3) is 0 Å². The average molecular weight is 551 g/mol. The smallest absolute Gasteiger partial charge is 0.240 e. The van der Waals surface area contributed by atoms with Crippen LogP contribution in [0.2, 0.25) is 5.02 Å². The Balaban J connectivity index is 1.62. The topological polar surface area (TPSA) is 80.2 Å². The van der Waals surface area contributed by atoms with Crippen molar-refractivity contribution in [2.75, 3.05) is 7.11 Å². The molecule has 0 bridgehead atoms. The number of amides is 1. The van der Waals surface area contributed by atoms with E-state index in [1.807, 2.05) is 42.5 Å². The van der Waals surface area contributed by atoms with Crippen molar-refractivity contribution < 1.29 is 19.4 Å². The normalized spacial score (nSPS) is 12.0. The van der Waals surface area contributed by atoms with Gasteiger partial charge in [0.1, 0.15) is 12.4 Å². The Morgan fingerprint density at radius 1 is 0.974 bits per heavy atom. The van der Waals surface area contributed by atoms with Gasteiger partial charge in [0.05, 0.1) is 13.3 Å². The summed E-state index contributed by atoms with van der Waals surface area (Å²) in [5.41, 5.74) is 6.58. The number of benzene rings is 3. The van der Waals surface area contributed by atoms with Crippen molar-refractivity contribution >= 4 is 23.7 Å². The van der Waals surface area contributed by atoms with Gasteiger partial charge in [0.15, 0.2) is 11.5 Å². The van der Waals surface area contributed by atoms with Gasteiger partial charge in [0, 0.05) is 17.0 Å². The van der Waals surface area contributed by atoms with Gasteiger partial charge in [-0.05, 0) is 63.8 Å². The Kier molecular flexibility index (Phi) is 9.68. The summed E-state index contributed by atoms with van der Waals surface area (Å²) in [6, 6.07) is 16.9. The SMILES string of the molecule is COc1cc(/C=N\NC(=O)CCc2cc(C(C)(C)C)c(O)c(C(C)(C)C)c2)ccc1OCc1ccccc1Cl. The number of nitrogens with one attached hydrogen (secondary N) is 1. The van der Waals surface area contributed by atoms with Gasteiger partial charge in [-0.3, -0.25) is 4.79 Å². The van der Waals surface area contributed by atoms with Crippen LogP contribution in [0.4, 0.5) is 0 Å². The van der Waals surface area contributed by atoms with Crippen LogP contribution in [0.3, 0.4) is 0 Å². The van der Waals surface area contributed by atoms with Crippen LogP contribution in [0.1, 0.15) is 75.8 Å². The van der Waals surface area contributed by atoms with Gasteiger partial charge in [-0.15, -0.1) is 0 Å². The summed E-state index contributed by atoms with van der Waals surface area (Å²) < 4.78 is 11.4. The fraction of sp³-hybridized carbons (Fsp3) is 0.375. The van der Waals surface area contributed by atoms with Gasteiger partial charge in [0.2, 0.25) is 5.91 Å². The molecule has 0 unspecified atom stereocenters. The molecule has 0 aliphatic heterocycles. The average Bonchev–Trinajstić information content (AvgIpc) is 2.86.